The van der Waals surface area contributed by atoms with Crippen LogP contribution in [0.2, 0.25) is 0 Å². The maximum Gasteiger partial charge on any atom is 0.133 e. The molecule has 5 rings (SSSR count). The summed E-state index contributed by atoms with van der Waals surface area (Å²) in [6, 6.07) is 14.7. The second-order valence-electron chi connectivity index (χ2n) is 7.14. The topological polar surface area (TPSA) is 57.8 Å². The average molecular weight is 424 g/mol. The number of hydrogen-bond acceptors (Lipinski definition) is 4. The summed E-state index contributed by atoms with van der Waals surface area (Å²) in [5.74, 6) is 0.971. The molecule has 1 saturated heterocycles. The van der Waals surface area contributed by atoms with Crippen LogP contribution in [0.15, 0.2) is 59.5 Å². The Bertz CT molecular complexity index is 1130. The third-order valence-corrected chi connectivity index (χ3v) is 5.74. The normalized spacial score (nSPS) is 15.8. The summed E-state index contributed by atoms with van der Waals surface area (Å²) in [4.78, 5) is 0. The van der Waals surface area contributed by atoms with E-state index < -0.39 is 0 Å². The van der Waals surface area contributed by atoms with E-state index in [1.54, 1.807) is 6.33 Å². The molecule has 0 bridgehead atoms. The third-order valence-electron chi connectivity index (χ3n) is 5.25. The van der Waals surface area contributed by atoms with Gasteiger partial charge < -0.3 is 9.30 Å². The molecule has 1 aliphatic heterocycles. The molecule has 0 atom stereocenters. The first-order chi connectivity index (χ1) is 13.1. The van der Waals surface area contributed by atoms with E-state index in [1.807, 2.05) is 28.4 Å². The molecule has 4 aromatic rings. The molecule has 0 amide bonds. The zero-order chi connectivity index (χ0) is 18.4. The first kappa shape index (κ1) is 16.6. The average Bonchev–Trinajstić information content (AvgIpc) is 3.24. The molecule has 2 aromatic carbocycles. The number of benzene rings is 2. The Morgan fingerprint density at radius 3 is 2.81 bits per heavy atom. The Labute approximate surface area is 164 Å². The van der Waals surface area contributed by atoms with Gasteiger partial charge in [0.15, 0.2) is 0 Å². The number of aromatic nitrogens is 5. The van der Waals surface area contributed by atoms with Crippen molar-refractivity contribution in [3.63, 3.8) is 0 Å². The Morgan fingerprint density at radius 1 is 1.19 bits per heavy atom. The zero-order valence-electron chi connectivity index (χ0n) is 14.8. The van der Waals surface area contributed by atoms with Crippen LogP contribution in [0.25, 0.3) is 16.6 Å². The Hall–Kier alpha value is -2.51. The lowest BCUT2D eigenvalue weighted by Gasteiger charge is -2.41. The molecule has 6 nitrogen and oxygen atoms in total. The van der Waals surface area contributed by atoms with Crippen LogP contribution in [-0.2, 0) is 23.6 Å². The molecule has 0 N–H and O–H groups in total. The summed E-state index contributed by atoms with van der Waals surface area (Å²) >= 11 is 3.51. The van der Waals surface area contributed by atoms with Crippen LogP contribution < -0.4 is 0 Å². The number of rotatable bonds is 4. The first-order valence-electron chi connectivity index (χ1n) is 8.79. The van der Waals surface area contributed by atoms with Gasteiger partial charge in [0.2, 0.25) is 0 Å². The van der Waals surface area contributed by atoms with Gasteiger partial charge in [-0.1, -0.05) is 34.1 Å². The van der Waals surface area contributed by atoms with Crippen molar-refractivity contribution in [2.24, 2.45) is 7.05 Å². The molecule has 0 unspecified atom stereocenters. The van der Waals surface area contributed by atoms with Gasteiger partial charge in [0.05, 0.1) is 24.4 Å². The van der Waals surface area contributed by atoms with Crippen molar-refractivity contribution >= 4 is 26.8 Å². The molecule has 0 saturated carbocycles. The minimum Gasteiger partial charge on any atom is -0.379 e. The first-order valence-corrected chi connectivity index (χ1v) is 9.59. The van der Waals surface area contributed by atoms with Crippen molar-refractivity contribution in [3.05, 3.63) is 70.8 Å². The van der Waals surface area contributed by atoms with Crippen molar-refractivity contribution < 1.29 is 4.74 Å². The van der Waals surface area contributed by atoms with Crippen LogP contribution in [0.4, 0.5) is 0 Å². The van der Waals surface area contributed by atoms with Crippen molar-refractivity contribution in [2.45, 2.75) is 11.8 Å². The summed E-state index contributed by atoms with van der Waals surface area (Å²) in [5.41, 5.74) is 3.20. The second kappa shape index (κ2) is 6.28. The van der Waals surface area contributed by atoms with Crippen LogP contribution in [0.3, 0.4) is 0 Å². The molecule has 136 valence electrons. The van der Waals surface area contributed by atoms with E-state index in [0.29, 0.717) is 13.2 Å². The number of nitrogens with zero attached hydrogens (tertiary/aromatic N) is 5. The van der Waals surface area contributed by atoms with Crippen molar-refractivity contribution in [3.8, 4) is 5.69 Å². The largest absolute Gasteiger partial charge is 0.379 e. The fraction of sp³-hybridized carbons (Fsp3) is 0.250. The fourth-order valence-corrected chi connectivity index (χ4v) is 3.94. The van der Waals surface area contributed by atoms with E-state index in [1.165, 1.54) is 5.56 Å². The Morgan fingerprint density at radius 2 is 2.07 bits per heavy atom. The summed E-state index contributed by atoms with van der Waals surface area (Å²) in [5, 5.41) is 14.1. The van der Waals surface area contributed by atoms with Gasteiger partial charge in [-0.05, 0) is 29.8 Å². The number of ether oxygens (including phenoxy) is 1. The van der Waals surface area contributed by atoms with Crippen LogP contribution in [0.1, 0.15) is 11.4 Å². The number of aryl methyl sites for hydroxylation is 1. The molecule has 0 aliphatic carbocycles. The van der Waals surface area contributed by atoms with E-state index in [2.05, 4.69) is 62.7 Å². The summed E-state index contributed by atoms with van der Waals surface area (Å²) in [7, 11) is 1.98. The SMILES string of the molecule is Cn1cnnc1CC1(c2cccc(-n3cc4ccc(Br)cc4n3)c2)COC1. The quantitative estimate of drug-likeness (QED) is 0.504. The Balaban J connectivity index is 1.53. The lowest BCUT2D eigenvalue weighted by atomic mass is 9.75. The van der Waals surface area contributed by atoms with E-state index in [-0.39, 0.29) is 5.41 Å². The molecule has 2 aromatic heterocycles. The fourth-order valence-electron chi connectivity index (χ4n) is 3.59. The predicted molar refractivity (Wildman–Crippen MR) is 106 cm³/mol. The summed E-state index contributed by atoms with van der Waals surface area (Å²) < 4.78 is 10.5. The third kappa shape index (κ3) is 2.87. The van der Waals surface area contributed by atoms with Gasteiger partial charge >= 0.3 is 0 Å². The summed E-state index contributed by atoms with van der Waals surface area (Å²) in [6.45, 7) is 1.38. The van der Waals surface area contributed by atoms with Crippen LogP contribution in [0.5, 0.6) is 0 Å². The minimum absolute atomic E-state index is 0.0631. The molecule has 1 aliphatic rings. The maximum atomic E-state index is 5.60. The summed E-state index contributed by atoms with van der Waals surface area (Å²) in [6.07, 6.45) is 4.61. The molecular formula is C20H18BrN5O. The molecule has 1 fully saturated rings. The highest BCUT2D eigenvalue weighted by Crippen LogP contribution is 2.36. The monoisotopic (exact) mass is 423 g/mol. The van der Waals surface area contributed by atoms with Gasteiger partial charge in [0.1, 0.15) is 12.2 Å². The smallest absolute Gasteiger partial charge is 0.133 e. The molecular weight excluding hydrogens is 406 g/mol. The van der Waals surface area contributed by atoms with Crippen molar-refractivity contribution in [1.82, 2.24) is 24.5 Å². The maximum absolute atomic E-state index is 5.60. The lowest BCUT2D eigenvalue weighted by molar-refractivity contribution is -0.0611. The highest BCUT2D eigenvalue weighted by atomic mass is 79.9. The molecule has 7 heteroatoms. The highest BCUT2D eigenvalue weighted by Gasteiger charge is 2.41. The van der Waals surface area contributed by atoms with Gasteiger partial charge in [-0.25, -0.2) is 4.68 Å². The van der Waals surface area contributed by atoms with Gasteiger partial charge in [-0.15, -0.1) is 10.2 Å². The van der Waals surface area contributed by atoms with Gasteiger partial charge in [0, 0.05) is 34.9 Å². The van der Waals surface area contributed by atoms with Crippen molar-refractivity contribution in [2.75, 3.05) is 13.2 Å². The Kier molecular flexibility index (Phi) is 3.87. The van der Waals surface area contributed by atoms with Crippen molar-refractivity contribution in [1.29, 1.82) is 0 Å². The number of fused-ring (bicyclic) bond motifs is 1. The highest BCUT2D eigenvalue weighted by molar-refractivity contribution is 9.10. The standard InChI is InChI=1S/C20H18BrN5O/c1-25-13-22-23-19(25)9-20(11-27-12-20)15-3-2-4-17(7-15)26-10-14-5-6-16(21)8-18(14)24-26/h2-8,10,13H,9,11-12H2,1H3. The predicted octanol–water partition coefficient (Wildman–Crippen LogP) is 3.43. The molecule has 27 heavy (non-hydrogen) atoms. The lowest BCUT2D eigenvalue weighted by Crippen LogP contribution is -2.49. The van der Waals surface area contributed by atoms with Crippen LogP contribution in [-0.4, -0.2) is 37.8 Å². The second-order valence-corrected chi connectivity index (χ2v) is 8.05. The van der Waals surface area contributed by atoms with E-state index >= 15 is 0 Å². The van der Waals surface area contributed by atoms with E-state index in [4.69, 9.17) is 9.84 Å². The van der Waals surface area contributed by atoms with E-state index in [9.17, 15) is 0 Å². The molecule has 0 spiro atoms. The number of hydrogen-bond donors (Lipinski definition) is 0. The molecule has 0 radical (unpaired) electrons. The number of halogens is 1. The van der Waals surface area contributed by atoms with Gasteiger partial charge in [-0.2, -0.15) is 5.10 Å². The van der Waals surface area contributed by atoms with E-state index in [0.717, 1.165) is 33.3 Å². The minimum atomic E-state index is -0.0631. The zero-order valence-corrected chi connectivity index (χ0v) is 16.4. The van der Waals surface area contributed by atoms with Gasteiger partial charge in [0.25, 0.3) is 0 Å². The van der Waals surface area contributed by atoms with Crippen LogP contribution >= 0.6 is 15.9 Å². The molecule has 3 heterocycles. The van der Waals surface area contributed by atoms with Crippen LogP contribution in [0, 0.1) is 0 Å². The van der Waals surface area contributed by atoms with Gasteiger partial charge in [-0.3, -0.25) is 0 Å².